The summed E-state index contributed by atoms with van der Waals surface area (Å²) in [5, 5.41) is 9.12. The molecule has 1 aromatic rings. The van der Waals surface area contributed by atoms with E-state index in [1.165, 1.54) is 7.11 Å². The number of aryl methyl sites for hydroxylation is 1. The minimum atomic E-state index is -0.412. The summed E-state index contributed by atoms with van der Waals surface area (Å²) in [5.74, 6) is -0.473. The molecule has 1 aromatic carbocycles. The number of hydrogen-bond donors (Lipinski definition) is 1. The van der Waals surface area contributed by atoms with Gasteiger partial charge in [-0.3, -0.25) is 4.79 Å². The van der Waals surface area contributed by atoms with Gasteiger partial charge in [0, 0.05) is 31.2 Å². The number of nitrogens with zero attached hydrogens (tertiary/aromatic N) is 1. The fourth-order valence-corrected chi connectivity index (χ4v) is 2.26. The van der Waals surface area contributed by atoms with Crippen LogP contribution >= 0.6 is 0 Å². The number of aliphatic hydroxyl groups is 1. The summed E-state index contributed by atoms with van der Waals surface area (Å²) in [5.41, 5.74) is 1.94. The van der Waals surface area contributed by atoms with E-state index in [1.807, 2.05) is 6.92 Å². The predicted molar refractivity (Wildman–Crippen MR) is 70.1 cm³/mol. The topological polar surface area (TPSA) is 66.8 Å². The lowest BCUT2D eigenvalue weighted by Gasteiger charge is -2.18. The van der Waals surface area contributed by atoms with Gasteiger partial charge < -0.3 is 14.7 Å². The number of carbonyl (C=O) groups excluding carboxylic acids is 2. The van der Waals surface area contributed by atoms with E-state index in [1.54, 1.807) is 23.1 Å². The van der Waals surface area contributed by atoms with E-state index >= 15 is 0 Å². The highest BCUT2D eigenvalue weighted by atomic mass is 16.5. The van der Waals surface area contributed by atoms with E-state index in [-0.39, 0.29) is 18.4 Å². The molecule has 1 aliphatic heterocycles. The van der Waals surface area contributed by atoms with Gasteiger partial charge in [-0.2, -0.15) is 0 Å². The second kappa shape index (κ2) is 5.40. The van der Waals surface area contributed by atoms with Crippen LogP contribution in [0.2, 0.25) is 0 Å². The molecule has 0 spiro atoms. The van der Waals surface area contributed by atoms with Crippen molar-refractivity contribution in [1.82, 2.24) is 0 Å². The fourth-order valence-electron chi connectivity index (χ4n) is 2.26. The molecule has 19 heavy (non-hydrogen) atoms. The normalized spacial score (nSPS) is 18.8. The maximum absolute atomic E-state index is 11.9. The van der Waals surface area contributed by atoms with Crippen LogP contribution in [0.1, 0.15) is 22.3 Å². The number of hydrogen-bond acceptors (Lipinski definition) is 4. The van der Waals surface area contributed by atoms with E-state index in [2.05, 4.69) is 0 Å². The summed E-state index contributed by atoms with van der Waals surface area (Å²) in [6.07, 6.45) is 0.345. The van der Waals surface area contributed by atoms with Gasteiger partial charge in [0.15, 0.2) is 0 Å². The molecule has 1 aliphatic rings. The van der Waals surface area contributed by atoms with Crippen LogP contribution in [0.15, 0.2) is 18.2 Å². The first-order chi connectivity index (χ1) is 9.06. The fraction of sp³-hybridized carbons (Fsp3) is 0.429. The Bertz CT molecular complexity index is 512. The Kier molecular flexibility index (Phi) is 3.85. The lowest BCUT2D eigenvalue weighted by atomic mass is 10.1. The number of amides is 1. The van der Waals surface area contributed by atoms with Gasteiger partial charge in [0.05, 0.1) is 12.7 Å². The molecule has 0 bridgehead atoms. The highest BCUT2D eigenvalue weighted by Gasteiger charge is 2.30. The number of aliphatic hydroxyl groups excluding tert-OH is 1. The molecule has 1 fully saturated rings. The van der Waals surface area contributed by atoms with Crippen LogP contribution in [-0.4, -0.2) is 37.2 Å². The number of esters is 1. The van der Waals surface area contributed by atoms with Crippen LogP contribution in [0.4, 0.5) is 5.69 Å². The van der Waals surface area contributed by atoms with Crippen LogP contribution in [-0.2, 0) is 9.53 Å². The Labute approximate surface area is 111 Å². The van der Waals surface area contributed by atoms with Crippen molar-refractivity contribution >= 4 is 17.6 Å². The zero-order valence-electron chi connectivity index (χ0n) is 11.0. The summed E-state index contributed by atoms with van der Waals surface area (Å²) >= 11 is 0. The van der Waals surface area contributed by atoms with Crippen LogP contribution in [0.25, 0.3) is 0 Å². The van der Waals surface area contributed by atoms with E-state index in [4.69, 9.17) is 9.84 Å². The molecule has 102 valence electrons. The summed E-state index contributed by atoms with van der Waals surface area (Å²) < 4.78 is 4.72. The predicted octanol–water partition coefficient (Wildman–Crippen LogP) is 1.13. The van der Waals surface area contributed by atoms with Gasteiger partial charge in [-0.05, 0) is 24.6 Å². The molecule has 1 unspecified atom stereocenters. The summed E-state index contributed by atoms with van der Waals surface area (Å²) in [4.78, 5) is 25.1. The number of carbonyl (C=O) groups is 2. The van der Waals surface area contributed by atoms with Crippen molar-refractivity contribution in [3.05, 3.63) is 29.3 Å². The minimum Gasteiger partial charge on any atom is -0.465 e. The SMILES string of the molecule is COC(=O)c1cc(N2CC(CO)CC2=O)ccc1C. The van der Waals surface area contributed by atoms with Crippen molar-refractivity contribution in [3.63, 3.8) is 0 Å². The third-order valence-electron chi connectivity index (χ3n) is 3.40. The van der Waals surface area contributed by atoms with Crippen molar-refractivity contribution < 1.29 is 19.4 Å². The molecule has 5 heteroatoms. The van der Waals surface area contributed by atoms with E-state index in [0.29, 0.717) is 24.2 Å². The Morgan fingerprint density at radius 2 is 2.26 bits per heavy atom. The van der Waals surface area contributed by atoms with Crippen molar-refractivity contribution in [2.75, 3.05) is 25.2 Å². The van der Waals surface area contributed by atoms with Crippen molar-refractivity contribution in [2.24, 2.45) is 5.92 Å². The largest absolute Gasteiger partial charge is 0.465 e. The maximum Gasteiger partial charge on any atom is 0.338 e. The van der Waals surface area contributed by atoms with E-state index < -0.39 is 5.97 Å². The Hall–Kier alpha value is -1.88. The molecule has 2 rings (SSSR count). The molecular formula is C14H17NO4. The highest BCUT2D eigenvalue weighted by molar-refractivity contribution is 5.98. The van der Waals surface area contributed by atoms with Crippen LogP contribution in [0.3, 0.4) is 0 Å². The maximum atomic E-state index is 11.9. The van der Waals surface area contributed by atoms with Crippen LogP contribution < -0.4 is 4.90 Å². The molecule has 0 saturated carbocycles. The molecule has 0 radical (unpaired) electrons. The average molecular weight is 263 g/mol. The van der Waals surface area contributed by atoms with Crippen LogP contribution in [0, 0.1) is 12.8 Å². The standard InChI is InChI=1S/C14H17NO4/c1-9-3-4-11(6-12(9)14(18)19-2)15-7-10(8-16)5-13(15)17/h3-4,6,10,16H,5,7-8H2,1-2H3. The summed E-state index contributed by atoms with van der Waals surface area (Å²) in [7, 11) is 1.33. The molecule has 1 N–H and O–H groups in total. The van der Waals surface area contributed by atoms with Gasteiger partial charge in [-0.15, -0.1) is 0 Å². The first kappa shape index (κ1) is 13.5. The van der Waals surface area contributed by atoms with E-state index in [9.17, 15) is 9.59 Å². The molecule has 1 amide bonds. The van der Waals surface area contributed by atoms with Gasteiger partial charge in [-0.25, -0.2) is 4.79 Å². The molecule has 0 aliphatic carbocycles. The second-order valence-electron chi connectivity index (χ2n) is 4.75. The molecule has 1 saturated heterocycles. The minimum absolute atomic E-state index is 0.00202. The van der Waals surface area contributed by atoms with Crippen molar-refractivity contribution in [1.29, 1.82) is 0 Å². The number of methoxy groups -OCH3 is 1. The van der Waals surface area contributed by atoms with Crippen LogP contribution in [0.5, 0.6) is 0 Å². The zero-order chi connectivity index (χ0) is 14.0. The zero-order valence-corrected chi connectivity index (χ0v) is 11.0. The lowest BCUT2D eigenvalue weighted by Crippen LogP contribution is -2.25. The molecular weight excluding hydrogens is 246 g/mol. The smallest absolute Gasteiger partial charge is 0.338 e. The first-order valence-electron chi connectivity index (χ1n) is 6.17. The van der Waals surface area contributed by atoms with Gasteiger partial charge in [0.1, 0.15) is 0 Å². The molecule has 5 nitrogen and oxygen atoms in total. The summed E-state index contributed by atoms with van der Waals surface area (Å²) in [6, 6.07) is 5.26. The Morgan fingerprint density at radius 3 is 2.84 bits per heavy atom. The third kappa shape index (κ3) is 2.61. The lowest BCUT2D eigenvalue weighted by molar-refractivity contribution is -0.117. The Morgan fingerprint density at radius 1 is 1.53 bits per heavy atom. The van der Waals surface area contributed by atoms with Crippen molar-refractivity contribution in [3.8, 4) is 0 Å². The molecule has 0 aromatic heterocycles. The van der Waals surface area contributed by atoms with Gasteiger partial charge in [0.2, 0.25) is 5.91 Å². The Balaban J connectivity index is 2.31. The number of rotatable bonds is 3. The second-order valence-corrected chi connectivity index (χ2v) is 4.75. The van der Waals surface area contributed by atoms with Gasteiger partial charge in [-0.1, -0.05) is 6.07 Å². The van der Waals surface area contributed by atoms with Gasteiger partial charge in [0.25, 0.3) is 0 Å². The van der Waals surface area contributed by atoms with Crippen molar-refractivity contribution in [2.45, 2.75) is 13.3 Å². The molecule has 1 atom stereocenters. The highest BCUT2D eigenvalue weighted by Crippen LogP contribution is 2.27. The third-order valence-corrected chi connectivity index (χ3v) is 3.40. The first-order valence-corrected chi connectivity index (χ1v) is 6.17. The number of ether oxygens (including phenoxy) is 1. The number of benzene rings is 1. The number of anilines is 1. The van der Waals surface area contributed by atoms with E-state index in [0.717, 1.165) is 5.56 Å². The monoisotopic (exact) mass is 263 g/mol. The van der Waals surface area contributed by atoms with Gasteiger partial charge >= 0.3 is 5.97 Å². The summed E-state index contributed by atoms with van der Waals surface area (Å²) in [6.45, 7) is 2.30. The molecule has 1 heterocycles. The quantitative estimate of drug-likeness (QED) is 0.830. The average Bonchev–Trinajstić information content (AvgIpc) is 2.80.